The Balaban J connectivity index is 1.72. The predicted octanol–water partition coefficient (Wildman–Crippen LogP) is 1.14. The van der Waals surface area contributed by atoms with Gasteiger partial charge in [0, 0.05) is 13.0 Å². The summed E-state index contributed by atoms with van der Waals surface area (Å²) < 4.78 is 36.4. The van der Waals surface area contributed by atoms with Gasteiger partial charge >= 0.3 is 22.1 Å². The number of amides is 1. The van der Waals surface area contributed by atoms with Gasteiger partial charge in [-0.15, -0.1) is 0 Å². The summed E-state index contributed by atoms with van der Waals surface area (Å²) in [6.07, 6.45) is 2.44. The fraction of sp³-hybridized carbons (Fsp3) is 0.500. The predicted molar refractivity (Wildman–Crippen MR) is 99.3 cm³/mol. The second kappa shape index (κ2) is 10.2. The summed E-state index contributed by atoms with van der Waals surface area (Å²) in [4.78, 5) is 34.4. The first-order valence-corrected chi connectivity index (χ1v) is 10.5. The van der Waals surface area contributed by atoms with Gasteiger partial charge in [0.05, 0.1) is 25.3 Å². The van der Waals surface area contributed by atoms with Crippen LogP contribution in [-0.2, 0) is 35.8 Å². The molecule has 10 heteroatoms. The summed E-state index contributed by atoms with van der Waals surface area (Å²) in [7, 11) is -3.78. The maximum absolute atomic E-state index is 12.0. The number of carbonyl (C=O) groups is 3. The van der Waals surface area contributed by atoms with Gasteiger partial charge in [-0.2, -0.15) is 12.7 Å². The van der Waals surface area contributed by atoms with Gasteiger partial charge in [-0.3, -0.25) is 9.59 Å². The number of hydrogen-bond acceptors (Lipinski definition) is 7. The average Bonchev–Trinajstić information content (AvgIpc) is 2.90. The molecule has 0 aliphatic carbocycles. The number of nitrogens with one attached hydrogen (secondary N) is 1. The van der Waals surface area contributed by atoms with Crippen molar-refractivity contribution in [3.63, 3.8) is 0 Å². The van der Waals surface area contributed by atoms with Crippen LogP contribution in [0.3, 0.4) is 0 Å². The lowest BCUT2D eigenvalue weighted by atomic mass is 10.1. The lowest BCUT2D eigenvalue weighted by Gasteiger charge is -2.12. The molecular weight excluding hydrogens is 388 g/mol. The maximum Gasteiger partial charge on any atom is 0.338 e. The van der Waals surface area contributed by atoms with Gasteiger partial charge in [0.15, 0.2) is 0 Å². The molecule has 1 fully saturated rings. The van der Waals surface area contributed by atoms with E-state index in [2.05, 4.69) is 0 Å². The van der Waals surface area contributed by atoms with E-state index in [0.29, 0.717) is 37.0 Å². The minimum Gasteiger partial charge on any atom is -0.466 e. The second-order valence-corrected chi connectivity index (χ2v) is 7.92. The van der Waals surface area contributed by atoms with Gasteiger partial charge in [0.25, 0.3) is 0 Å². The molecule has 0 saturated carbocycles. The smallest absolute Gasteiger partial charge is 0.338 e. The van der Waals surface area contributed by atoms with Crippen molar-refractivity contribution in [3.05, 3.63) is 35.4 Å². The Hall–Kier alpha value is -2.46. The highest BCUT2D eigenvalue weighted by atomic mass is 32.2. The standard InChI is InChI=1S/C18H24N2O7S/c1-2-26-17(22)6-4-3-5-11-27-18(23)15-9-7-14(8-10-15)12-20-13-16(21)19-28(20,24)25/h7-10H,2-6,11-13H2,1H3,(H,19,21). The molecule has 1 N–H and O–H groups in total. The Kier molecular flexibility index (Phi) is 7.94. The van der Waals surface area contributed by atoms with Crippen LogP contribution < -0.4 is 4.72 Å². The van der Waals surface area contributed by atoms with Crippen LogP contribution in [0.1, 0.15) is 48.5 Å². The van der Waals surface area contributed by atoms with Crippen molar-refractivity contribution in [2.75, 3.05) is 19.8 Å². The molecule has 28 heavy (non-hydrogen) atoms. The normalized spacial score (nSPS) is 15.8. The Morgan fingerprint density at radius 2 is 1.82 bits per heavy atom. The SMILES string of the molecule is CCOC(=O)CCCCCOC(=O)c1ccc(CN2CC(=O)NS2(=O)=O)cc1. The zero-order chi connectivity index (χ0) is 20.6. The van der Waals surface area contributed by atoms with Crippen molar-refractivity contribution in [1.29, 1.82) is 0 Å². The molecule has 0 radical (unpaired) electrons. The van der Waals surface area contributed by atoms with Gasteiger partial charge in [0.2, 0.25) is 5.91 Å². The van der Waals surface area contributed by atoms with Gasteiger partial charge in [-0.1, -0.05) is 12.1 Å². The number of nitrogens with zero attached hydrogens (tertiary/aromatic N) is 1. The number of benzene rings is 1. The first-order chi connectivity index (χ1) is 13.3. The van der Waals surface area contributed by atoms with Crippen molar-refractivity contribution in [2.24, 2.45) is 0 Å². The highest BCUT2D eigenvalue weighted by Gasteiger charge is 2.33. The van der Waals surface area contributed by atoms with Crippen molar-refractivity contribution in [1.82, 2.24) is 9.03 Å². The highest BCUT2D eigenvalue weighted by Crippen LogP contribution is 2.14. The van der Waals surface area contributed by atoms with E-state index in [9.17, 15) is 22.8 Å². The van der Waals surface area contributed by atoms with Crippen molar-refractivity contribution in [3.8, 4) is 0 Å². The third-order valence-electron chi connectivity index (χ3n) is 4.01. The molecule has 9 nitrogen and oxygen atoms in total. The van der Waals surface area contributed by atoms with Crippen LogP contribution in [-0.4, -0.2) is 50.3 Å². The van der Waals surface area contributed by atoms with Crippen LogP contribution >= 0.6 is 0 Å². The van der Waals surface area contributed by atoms with E-state index in [4.69, 9.17) is 9.47 Å². The van der Waals surface area contributed by atoms with Crippen LogP contribution in [0.15, 0.2) is 24.3 Å². The van der Waals surface area contributed by atoms with Crippen molar-refractivity contribution in [2.45, 2.75) is 39.2 Å². The largest absolute Gasteiger partial charge is 0.466 e. The minimum atomic E-state index is -3.78. The first-order valence-electron chi connectivity index (χ1n) is 9.04. The Bertz CT molecular complexity index is 806. The molecule has 154 valence electrons. The molecule has 1 saturated heterocycles. The zero-order valence-electron chi connectivity index (χ0n) is 15.7. The van der Waals surface area contributed by atoms with Crippen LogP contribution in [0.2, 0.25) is 0 Å². The van der Waals surface area contributed by atoms with E-state index < -0.39 is 22.1 Å². The summed E-state index contributed by atoms with van der Waals surface area (Å²) in [5, 5.41) is 0. The Morgan fingerprint density at radius 1 is 1.11 bits per heavy atom. The number of unbranched alkanes of at least 4 members (excludes halogenated alkanes) is 2. The van der Waals surface area contributed by atoms with E-state index in [1.165, 1.54) is 0 Å². The zero-order valence-corrected chi connectivity index (χ0v) is 16.5. The molecule has 0 spiro atoms. The molecule has 0 bridgehead atoms. The van der Waals surface area contributed by atoms with E-state index in [0.717, 1.165) is 10.7 Å². The van der Waals surface area contributed by atoms with Crippen LogP contribution in [0, 0.1) is 0 Å². The maximum atomic E-state index is 12.0. The topological polar surface area (TPSA) is 119 Å². The monoisotopic (exact) mass is 412 g/mol. The minimum absolute atomic E-state index is 0.0386. The van der Waals surface area contributed by atoms with Gasteiger partial charge in [0.1, 0.15) is 0 Å². The van der Waals surface area contributed by atoms with E-state index in [1.807, 2.05) is 4.72 Å². The lowest BCUT2D eigenvalue weighted by Crippen LogP contribution is -2.29. The van der Waals surface area contributed by atoms with E-state index in [1.54, 1.807) is 31.2 Å². The number of ether oxygens (including phenoxy) is 2. The van der Waals surface area contributed by atoms with E-state index in [-0.39, 0.29) is 25.7 Å². The molecule has 1 aromatic carbocycles. The van der Waals surface area contributed by atoms with Crippen LogP contribution in [0.25, 0.3) is 0 Å². The van der Waals surface area contributed by atoms with Gasteiger partial charge in [-0.05, 0) is 43.9 Å². The van der Waals surface area contributed by atoms with Gasteiger partial charge < -0.3 is 9.47 Å². The molecule has 1 heterocycles. The van der Waals surface area contributed by atoms with Crippen LogP contribution in [0.4, 0.5) is 0 Å². The number of carbonyl (C=O) groups excluding carboxylic acids is 3. The molecule has 1 amide bonds. The Morgan fingerprint density at radius 3 is 2.43 bits per heavy atom. The Labute approximate surface area is 164 Å². The summed E-state index contributed by atoms with van der Waals surface area (Å²) in [5.41, 5.74) is 1.00. The fourth-order valence-corrected chi connectivity index (χ4v) is 3.69. The molecule has 1 aliphatic rings. The summed E-state index contributed by atoms with van der Waals surface area (Å²) in [6, 6.07) is 6.34. The molecular formula is C18H24N2O7S. The number of rotatable bonds is 10. The summed E-state index contributed by atoms with van der Waals surface area (Å²) in [6.45, 7) is 2.21. The van der Waals surface area contributed by atoms with Crippen molar-refractivity contribution >= 4 is 28.1 Å². The second-order valence-electron chi connectivity index (χ2n) is 6.25. The average molecular weight is 412 g/mol. The lowest BCUT2D eigenvalue weighted by molar-refractivity contribution is -0.143. The fourth-order valence-electron chi connectivity index (χ4n) is 2.61. The quantitative estimate of drug-likeness (QED) is 0.452. The van der Waals surface area contributed by atoms with Gasteiger partial charge in [-0.25, -0.2) is 9.52 Å². The van der Waals surface area contributed by atoms with Crippen molar-refractivity contribution < 1.29 is 32.3 Å². The van der Waals surface area contributed by atoms with E-state index >= 15 is 0 Å². The number of hydrogen-bond donors (Lipinski definition) is 1. The molecule has 2 rings (SSSR count). The molecule has 1 aliphatic heterocycles. The number of esters is 2. The molecule has 0 unspecified atom stereocenters. The molecule has 0 aromatic heterocycles. The summed E-state index contributed by atoms with van der Waals surface area (Å²) in [5.74, 6) is -1.26. The highest BCUT2D eigenvalue weighted by molar-refractivity contribution is 7.88. The first kappa shape index (κ1) is 21.8. The summed E-state index contributed by atoms with van der Waals surface area (Å²) >= 11 is 0. The molecule has 0 atom stereocenters. The third kappa shape index (κ3) is 6.61. The third-order valence-corrected chi connectivity index (χ3v) is 5.44. The van der Waals surface area contributed by atoms with Crippen LogP contribution in [0.5, 0.6) is 0 Å². The molecule has 1 aromatic rings.